The summed E-state index contributed by atoms with van der Waals surface area (Å²) in [5, 5.41) is 0. The van der Waals surface area contributed by atoms with Gasteiger partial charge in [-0.15, -0.1) is 0 Å². The molecule has 8 nitrogen and oxygen atoms in total. The van der Waals surface area contributed by atoms with Gasteiger partial charge in [0, 0.05) is 75.2 Å². The van der Waals surface area contributed by atoms with Crippen molar-refractivity contribution in [3.8, 4) is 22.3 Å². The molecule has 0 saturated heterocycles. The van der Waals surface area contributed by atoms with Crippen LogP contribution in [0.25, 0.3) is 22.3 Å². The molecule has 10 heteroatoms. The molecule has 0 saturated carbocycles. The predicted molar refractivity (Wildman–Crippen MR) is 297 cm³/mol. The quantitative estimate of drug-likeness (QED) is 0.153. The molecule has 7 heterocycles. The van der Waals surface area contributed by atoms with Crippen molar-refractivity contribution in [2.24, 2.45) is 0 Å². The van der Waals surface area contributed by atoms with Crippen molar-refractivity contribution in [3.05, 3.63) is 243 Å². The fraction of sp³-hybridized carbons (Fsp3) is 0. The third-order valence-electron chi connectivity index (χ3n) is 14.8. The molecule has 11 aromatic rings. The number of para-hydroxylation sites is 3. The second-order valence-electron chi connectivity index (χ2n) is 18.7. The number of anilines is 12. The van der Waals surface area contributed by atoms with E-state index in [0.29, 0.717) is 0 Å². The van der Waals surface area contributed by atoms with Crippen LogP contribution in [0, 0.1) is 0 Å². The number of pyridine rings is 2. The van der Waals surface area contributed by atoms with E-state index in [9.17, 15) is 0 Å². The number of rotatable bonds is 6. The van der Waals surface area contributed by atoms with Gasteiger partial charge in [-0.1, -0.05) is 133 Å². The number of nitrogens with zero attached hydrogens (tertiary/aromatic N) is 8. The summed E-state index contributed by atoms with van der Waals surface area (Å²) >= 11 is 0. The first-order valence-electron chi connectivity index (χ1n) is 24.4. The van der Waals surface area contributed by atoms with E-state index in [1.165, 1.54) is 10.9 Å². The molecular formula is C62H40B2N8. The van der Waals surface area contributed by atoms with E-state index in [2.05, 4.69) is 238 Å². The topological polar surface area (TPSA) is 64.5 Å². The number of hydrogen-bond donors (Lipinski definition) is 0. The molecule has 0 atom stereocenters. The Morgan fingerprint density at radius 1 is 0.292 bits per heavy atom. The summed E-state index contributed by atoms with van der Waals surface area (Å²) in [7, 11) is 0. The zero-order valence-electron chi connectivity index (χ0n) is 38.8. The summed E-state index contributed by atoms with van der Waals surface area (Å²) in [6.07, 6.45) is 7.62. The summed E-state index contributed by atoms with van der Waals surface area (Å²) in [4.78, 5) is 30.0. The molecule has 0 amide bonds. The Kier molecular flexibility index (Phi) is 8.98. The van der Waals surface area contributed by atoms with Crippen molar-refractivity contribution in [1.29, 1.82) is 0 Å². The lowest BCUT2D eigenvalue weighted by molar-refractivity contribution is 1.07. The van der Waals surface area contributed by atoms with Crippen molar-refractivity contribution >= 4 is 115 Å². The Morgan fingerprint density at radius 3 is 1.44 bits per heavy atom. The summed E-state index contributed by atoms with van der Waals surface area (Å²) < 4.78 is 0. The van der Waals surface area contributed by atoms with Crippen LogP contribution in [0.3, 0.4) is 0 Å². The van der Waals surface area contributed by atoms with Crippen LogP contribution in [0.4, 0.5) is 68.6 Å². The first kappa shape index (κ1) is 40.4. The highest BCUT2D eigenvalue weighted by Crippen LogP contribution is 2.48. The highest BCUT2D eigenvalue weighted by atomic mass is 15.3. The van der Waals surface area contributed by atoms with Crippen molar-refractivity contribution in [2.75, 3.05) is 19.6 Å². The molecule has 0 fully saturated rings. The Hall–Kier alpha value is -9.53. The van der Waals surface area contributed by atoms with Crippen molar-refractivity contribution in [1.82, 2.24) is 19.9 Å². The standard InChI is InChI=1S/C62H40B2N8/c1-6-18-41(19-7-1)43-34-44(42-20-8-2-9-21-42)36-48(35-43)70-55-30-16-29-54-58(55)64(52-39-65-33-31-53(52)69(54)45-22-10-3-11-23-45)50-37-51-57(38-56(50)70)71(46-24-12-4-13-25-46)61-59-62(68-40-67-61)72(47-26-14-5-15-27-47)60-49(63(51)59)28-17-32-66-60/h1-40H. The van der Waals surface area contributed by atoms with Crippen molar-refractivity contribution < 1.29 is 0 Å². The molecule has 4 aliphatic rings. The first-order valence-corrected chi connectivity index (χ1v) is 24.4. The van der Waals surface area contributed by atoms with Gasteiger partial charge in [0.05, 0.1) is 0 Å². The molecule has 15 rings (SSSR count). The molecule has 4 aliphatic heterocycles. The van der Waals surface area contributed by atoms with Gasteiger partial charge < -0.3 is 9.80 Å². The number of aromatic nitrogens is 4. The van der Waals surface area contributed by atoms with Crippen LogP contribution >= 0.6 is 0 Å². The number of fused-ring (bicyclic) bond motifs is 8. The van der Waals surface area contributed by atoms with Gasteiger partial charge in [-0.2, -0.15) is 0 Å². The van der Waals surface area contributed by atoms with Crippen LogP contribution in [-0.4, -0.2) is 33.4 Å². The Morgan fingerprint density at radius 2 is 0.819 bits per heavy atom. The third kappa shape index (κ3) is 6.02. The first-order chi connectivity index (χ1) is 35.8. The smallest absolute Gasteiger partial charge is 0.258 e. The van der Waals surface area contributed by atoms with Gasteiger partial charge >= 0.3 is 0 Å². The Labute approximate surface area is 418 Å². The summed E-state index contributed by atoms with van der Waals surface area (Å²) in [6.45, 7) is -0.410. The van der Waals surface area contributed by atoms with Gasteiger partial charge in [-0.3, -0.25) is 14.8 Å². The second kappa shape index (κ2) is 16.0. The van der Waals surface area contributed by atoms with Gasteiger partial charge in [0.25, 0.3) is 13.4 Å². The van der Waals surface area contributed by atoms with Crippen LogP contribution in [-0.2, 0) is 0 Å². The van der Waals surface area contributed by atoms with Crippen LogP contribution in [0.5, 0.6) is 0 Å². The highest BCUT2D eigenvalue weighted by Gasteiger charge is 2.49. The van der Waals surface area contributed by atoms with Gasteiger partial charge in [-0.25, -0.2) is 15.0 Å². The minimum absolute atomic E-state index is 0.168. The normalized spacial score (nSPS) is 13.4. The van der Waals surface area contributed by atoms with E-state index in [0.717, 1.165) is 113 Å². The second-order valence-corrected chi connectivity index (χ2v) is 18.7. The average Bonchev–Trinajstić information content (AvgIpc) is 3.46. The molecule has 0 N–H and O–H groups in total. The molecule has 0 spiro atoms. The van der Waals surface area contributed by atoms with Crippen LogP contribution in [0.1, 0.15) is 0 Å². The molecule has 3 aromatic heterocycles. The molecule has 0 aliphatic carbocycles. The van der Waals surface area contributed by atoms with Crippen LogP contribution < -0.4 is 52.4 Å². The monoisotopic (exact) mass is 918 g/mol. The zero-order chi connectivity index (χ0) is 47.3. The SMILES string of the molecule is c1ccc(-c2cc(-c3ccccc3)cc(N3c4cc5c(cc4B4c6cnccc6N(c6ccccc6)c6cccc3c64)B3c4cccnc4N(c4ccccc4)c4ncnc(c43)N5c3ccccc3)c2)cc1. The van der Waals surface area contributed by atoms with Gasteiger partial charge in [-0.05, 0) is 134 Å². The summed E-state index contributed by atoms with van der Waals surface area (Å²) in [5.41, 5.74) is 21.1. The maximum atomic E-state index is 5.24. The fourth-order valence-corrected chi connectivity index (χ4v) is 11.9. The largest absolute Gasteiger partial charge is 0.311 e. The molecular weight excluding hydrogens is 878 g/mol. The average molecular weight is 919 g/mol. The maximum Gasteiger partial charge on any atom is 0.258 e. The summed E-state index contributed by atoms with van der Waals surface area (Å²) in [6, 6.07) is 78.6. The molecule has 334 valence electrons. The van der Waals surface area contributed by atoms with Crippen LogP contribution in [0.2, 0.25) is 0 Å². The van der Waals surface area contributed by atoms with E-state index in [-0.39, 0.29) is 13.4 Å². The third-order valence-corrected chi connectivity index (χ3v) is 14.8. The molecule has 72 heavy (non-hydrogen) atoms. The number of benzene rings is 8. The van der Waals surface area contributed by atoms with Gasteiger partial charge in [0.2, 0.25) is 0 Å². The zero-order valence-corrected chi connectivity index (χ0v) is 38.8. The van der Waals surface area contributed by atoms with E-state index >= 15 is 0 Å². The predicted octanol–water partition coefficient (Wildman–Crippen LogP) is 10.8. The van der Waals surface area contributed by atoms with E-state index < -0.39 is 0 Å². The van der Waals surface area contributed by atoms with E-state index in [1.54, 1.807) is 6.33 Å². The molecule has 0 radical (unpaired) electrons. The maximum absolute atomic E-state index is 5.24. The van der Waals surface area contributed by atoms with E-state index in [1.807, 2.05) is 18.5 Å². The van der Waals surface area contributed by atoms with Gasteiger partial charge in [0.15, 0.2) is 0 Å². The number of hydrogen-bond acceptors (Lipinski definition) is 8. The highest BCUT2D eigenvalue weighted by molar-refractivity contribution is 7.03. The lowest BCUT2D eigenvalue weighted by Gasteiger charge is -2.46. The Bertz CT molecular complexity index is 3860. The van der Waals surface area contributed by atoms with E-state index in [4.69, 9.17) is 19.9 Å². The van der Waals surface area contributed by atoms with Gasteiger partial charge in [0.1, 0.15) is 23.8 Å². The molecule has 0 unspecified atom stereocenters. The molecule has 8 aromatic carbocycles. The van der Waals surface area contributed by atoms with Crippen molar-refractivity contribution in [3.63, 3.8) is 0 Å². The minimum atomic E-state index is -0.242. The molecule has 0 bridgehead atoms. The summed E-state index contributed by atoms with van der Waals surface area (Å²) in [5.74, 6) is 2.51. The van der Waals surface area contributed by atoms with Crippen LogP contribution in [0.15, 0.2) is 243 Å². The lowest BCUT2D eigenvalue weighted by Crippen LogP contribution is -2.65. The minimum Gasteiger partial charge on any atom is -0.311 e. The van der Waals surface area contributed by atoms with Crippen molar-refractivity contribution in [2.45, 2.75) is 0 Å². The lowest BCUT2D eigenvalue weighted by atomic mass is 9.30. The Balaban J connectivity index is 1.06. The fourth-order valence-electron chi connectivity index (χ4n) is 11.9.